The number of methoxy groups -OCH3 is 1. The number of thiazole rings is 1. The van der Waals surface area contributed by atoms with Crippen molar-refractivity contribution in [2.75, 3.05) is 12.4 Å². The maximum absolute atomic E-state index is 12.3. The zero-order chi connectivity index (χ0) is 23.4. The van der Waals surface area contributed by atoms with Crippen LogP contribution in [0.2, 0.25) is 0 Å². The number of hydrogen-bond acceptors (Lipinski definition) is 10. The largest absolute Gasteiger partial charge is 0.493 e. The van der Waals surface area contributed by atoms with E-state index in [1.807, 2.05) is 6.07 Å². The average molecular weight is 481 g/mol. The second-order valence-corrected chi connectivity index (χ2v) is 8.62. The molecule has 33 heavy (non-hydrogen) atoms. The Morgan fingerprint density at radius 1 is 1.33 bits per heavy atom. The van der Waals surface area contributed by atoms with Gasteiger partial charge >= 0.3 is 0 Å². The Morgan fingerprint density at radius 2 is 2.18 bits per heavy atom. The molecule has 166 valence electrons. The van der Waals surface area contributed by atoms with Crippen molar-refractivity contribution < 1.29 is 14.3 Å². The van der Waals surface area contributed by atoms with Gasteiger partial charge in [-0.3, -0.25) is 14.9 Å². The van der Waals surface area contributed by atoms with Crippen LogP contribution in [-0.4, -0.2) is 32.6 Å². The fourth-order valence-corrected chi connectivity index (χ4v) is 4.13. The molecule has 0 bridgehead atoms. The highest BCUT2D eigenvalue weighted by Crippen LogP contribution is 2.29. The molecule has 0 atom stereocenters. The van der Waals surface area contributed by atoms with Gasteiger partial charge in [-0.25, -0.2) is 9.97 Å². The Kier molecular flexibility index (Phi) is 6.43. The number of carbonyl (C=O) groups excluding carboxylic acids is 1. The number of aromatic nitrogens is 4. The summed E-state index contributed by atoms with van der Waals surface area (Å²) in [6, 6.07) is 8.24. The Labute approximate surface area is 195 Å². The molecule has 0 saturated heterocycles. The minimum atomic E-state index is -0.558. The van der Waals surface area contributed by atoms with Crippen LogP contribution in [0.15, 0.2) is 46.2 Å². The van der Waals surface area contributed by atoms with E-state index in [2.05, 4.69) is 20.4 Å². The zero-order valence-electron chi connectivity index (χ0n) is 17.4. The number of carbonyl (C=O) groups is 1. The summed E-state index contributed by atoms with van der Waals surface area (Å²) in [4.78, 5) is 33.4. The van der Waals surface area contributed by atoms with Crippen molar-refractivity contribution in [1.82, 2.24) is 19.6 Å². The predicted octanol–water partition coefficient (Wildman–Crippen LogP) is 3.05. The molecule has 12 heteroatoms. The number of nitriles is 1. The van der Waals surface area contributed by atoms with Gasteiger partial charge in [0.25, 0.3) is 11.5 Å². The maximum Gasteiger partial charge on any atom is 0.275 e. The summed E-state index contributed by atoms with van der Waals surface area (Å²) in [6.07, 6.45) is 3.00. The number of fused-ring (bicyclic) bond motifs is 1. The number of hydrogen-bond donors (Lipinski definition) is 1. The van der Waals surface area contributed by atoms with E-state index in [0.29, 0.717) is 32.8 Å². The van der Waals surface area contributed by atoms with Gasteiger partial charge in [0.2, 0.25) is 4.96 Å². The van der Waals surface area contributed by atoms with Crippen LogP contribution in [0.1, 0.15) is 16.3 Å². The second-order valence-electron chi connectivity index (χ2n) is 6.56. The molecule has 10 nitrogen and oxygen atoms in total. The number of anilines is 1. The maximum atomic E-state index is 12.3. The average Bonchev–Trinajstić information content (AvgIpc) is 3.45. The Bertz CT molecular complexity index is 1450. The van der Waals surface area contributed by atoms with Gasteiger partial charge in [-0.1, -0.05) is 17.4 Å². The highest BCUT2D eigenvalue weighted by Gasteiger charge is 2.13. The minimum Gasteiger partial charge on any atom is -0.493 e. The second kappa shape index (κ2) is 9.60. The molecule has 0 aliphatic carbocycles. The van der Waals surface area contributed by atoms with Gasteiger partial charge in [0, 0.05) is 17.6 Å². The number of aryl methyl sites for hydroxylation is 1. The van der Waals surface area contributed by atoms with E-state index in [0.717, 1.165) is 5.01 Å². The number of benzene rings is 1. The summed E-state index contributed by atoms with van der Waals surface area (Å²) in [5.74, 6) is 0.258. The molecule has 4 aromatic rings. The summed E-state index contributed by atoms with van der Waals surface area (Å²) >= 11 is 2.57. The van der Waals surface area contributed by atoms with Crippen molar-refractivity contribution in [2.45, 2.75) is 13.5 Å². The molecular weight excluding hydrogens is 464 g/mol. The van der Waals surface area contributed by atoms with Crippen LogP contribution in [0.3, 0.4) is 0 Å². The molecule has 0 radical (unpaired) electrons. The van der Waals surface area contributed by atoms with E-state index < -0.39 is 5.91 Å². The van der Waals surface area contributed by atoms with Crippen molar-refractivity contribution in [3.8, 4) is 17.6 Å². The lowest BCUT2D eigenvalue weighted by Gasteiger charge is -2.11. The third kappa shape index (κ3) is 5.05. The quantitative estimate of drug-likeness (QED) is 0.315. The molecule has 0 aliphatic heterocycles. The number of nitrogens with one attached hydrogen (secondary N) is 1. The first kappa shape index (κ1) is 22.1. The molecule has 1 amide bonds. The molecule has 0 saturated carbocycles. The third-order valence-corrected chi connectivity index (χ3v) is 5.80. The normalized spacial score (nSPS) is 11.2. The Morgan fingerprint density at radius 3 is 2.91 bits per heavy atom. The van der Waals surface area contributed by atoms with Crippen LogP contribution in [0.4, 0.5) is 5.13 Å². The topological polar surface area (TPSA) is 132 Å². The van der Waals surface area contributed by atoms with Gasteiger partial charge in [-0.15, -0.1) is 11.3 Å². The summed E-state index contributed by atoms with van der Waals surface area (Å²) in [5.41, 5.74) is 0.664. The SMILES string of the molecule is COc1cc(/C=C(/C#N)C(=O)Nc2nccs2)ccc1OCc1cc(=O)n2nc(C)sc2n1. The van der Waals surface area contributed by atoms with Gasteiger partial charge in [0.05, 0.1) is 12.8 Å². The molecule has 1 N–H and O–H groups in total. The first-order valence-corrected chi connectivity index (χ1v) is 11.2. The van der Waals surface area contributed by atoms with Gasteiger partial charge < -0.3 is 9.47 Å². The van der Waals surface area contributed by atoms with E-state index >= 15 is 0 Å². The molecule has 3 aromatic heterocycles. The van der Waals surface area contributed by atoms with Crippen LogP contribution in [0, 0.1) is 18.3 Å². The van der Waals surface area contributed by atoms with Crippen LogP contribution in [0.5, 0.6) is 11.5 Å². The molecule has 3 heterocycles. The van der Waals surface area contributed by atoms with Crippen LogP contribution < -0.4 is 20.3 Å². The van der Waals surface area contributed by atoms with Crippen molar-refractivity contribution >= 4 is 44.7 Å². The molecular formula is C21H16N6O4S2. The van der Waals surface area contributed by atoms with Gasteiger partial charge in [0.15, 0.2) is 16.6 Å². The highest BCUT2D eigenvalue weighted by molar-refractivity contribution is 7.16. The fraction of sp³-hybridized carbons (Fsp3) is 0.143. The van der Waals surface area contributed by atoms with E-state index in [9.17, 15) is 14.9 Å². The van der Waals surface area contributed by atoms with E-state index in [-0.39, 0.29) is 17.7 Å². The summed E-state index contributed by atoms with van der Waals surface area (Å²) in [7, 11) is 1.48. The Balaban J connectivity index is 1.51. The first-order valence-electron chi connectivity index (χ1n) is 9.46. The van der Waals surface area contributed by atoms with E-state index in [1.165, 1.54) is 46.4 Å². The van der Waals surface area contributed by atoms with Crippen LogP contribution >= 0.6 is 22.7 Å². The Hall–Kier alpha value is -4.08. The molecule has 1 aromatic carbocycles. The van der Waals surface area contributed by atoms with Crippen molar-refractivity contribution in [3.05, 3.63) is 68.0 Å². The lowest BCUT2D eigenvalue weighted by Crippen LogP contribution is -2.16. The van der Waals surface area contributed by atoms with Crippen LogP contribution in [0.25, 0.3) is 11.0 Å². The lowest BCUT2D eigenvalue weighted by atomic mass is 10.1. The van der Waals surface area contributed by atoms with Gasteiger partial charge in [-0.2, -0.15) is 14.9 Å². The van der Waals surface area contributed by atoms with Crippen molar-refractivity contribution in [1.29, 1.82) is 5.26 Å². The number of rotatable bonds is 7. The molecule has 0 spiro atoms. The van der Waals surface area contributed by atoms with Crippen molar-refractivity contribution in [2.24, 2.45) is 0 Å². The highest BCUT2D eigenvalue weighted by atomic mass is 32.1. The van der Waals surface area contributed by atoms with E-state index in [4.69, 9.17) is 9.47 Å². The standard InChI is InChI=1S/C21H16N6O4S2/c1-12-26-27-18(28)9-15(24-21(27)33-12)11-31-16-4-3-13(8-17(16)30-2)7-14(10-22)19(29)25-20-23-5-6-32-20/h3-9H,11H2,1-2H3,(H,23,25,29)/b14-7-. The summed E-state index contributed by atoms with van der Waals surface area (Å²) < 4.78 is 12.5. The zero-order valence-corrected chi connectivity index (χ0v) is 19.1. The predicted molar refractivity (Wildman–Crippen MR) is 124 cm³/mol. The summed E-state index contributed by atoms with van der Waals surface area (Å²) in [5, 5.41) is 18.9. The lowest BCUT2D eigenvalue weighted by molar-refractivity contribution is -0.112. The van der Waals surface area contributed by atoms with Crippen molar-refractivity contribution in [3.63, 3.8) is 0 Å². The fourth-order valence-electron chi connectivity index (χ4n) is 2.84. The van der Waals surface area contributed by atoms with E-state index in [1.54, 1.807) is 36.7 Å². The molecule has 0 aliphatic rings. The molecule has 4 rings (SSSR count). The number of amides is 1. The first-order chi connectivity index (χ1) is 16.0. The molecule has 0 unspecified atom stereocenters. The monoisotopic (exact) mass is 480 g/mol. The minimum absolute atomic E-state index is 0.0495. The molecule has 0 fully saturated rings. The van der Waals surface area contributed by atoms with Crippen LogP contribution in [-0.2, 0) is 11.4 Å². The van der Waals surface area contributed by atoms with Gasteiger partial charge in [-0.05, 0) is 30.7 Å². The smallest absolute Gasteiger partial charge is 0.275 e. The third-order valence-electron chi connectivity index (χ3n) is 4.29. The van der Waals surface area contributed by atoms with Gasteiger partial charge in [0.1, 0.15) is 23.3 Å². The summed E-state index contributed by atoms with van der Waals surface area (Å²) in [6.45, 7) is 1.85. The number of ether oxygens (including phenoxy) is 2. The number of nitrogens with zero attached hydrogens (tertiary/aromatic N) is 5.